The first-order valence-electron chi connectivity index (χ1n) is 6.98. The molecule has 2 N–H and O–H groups in total. The van der Waals surface area contributed by atoms with Crippen LogP contribution in [0.2, 0.25) is 0 Å². The third-order valence-corrected chi connectivity index (χ3v) is 3.57. The van der Waals surface area contributed by atoms with Crippen LogP contribution < -0.4 is 5.32 Å². The van der Waals surface area contributed by atoms with E-state index in [4.69, 9.17) is 0 Å². The first kappa shape index (κ1) is 14.8. The minimum Gasteiger partial charge on any atom is -0.390 e. The van der Waals surface area contributed by atoms with Crippen molar-refractivity contribution >= 4 is 6.03 Å². The number of carbonyl (C=O) groups excluding carboxylic acids is 1. The third kappa shape index (κ3) is 3.95. The molecule has 5 nitrogen and oxygen atoms in total. The summed E-state index contributed by atoms with van der Waals surface area (Å²) in [7, 11) is 3.37. The van der Waals surface area contributed by atoms with E-state index in [1.807, 2.05) is 0 Å². The number of carbonyl (C=O) groups is 1. The highest BCUT2D eigenvalue weighted by molar-refractivity contribution is 5.73. The van der Waals surface area contributed by atoms with E-state index in [0.717, 1.165) is 19.5 Å². The molecule has 0 spiro atoms. The van der Waals surface area contributed by atoms with Crippen LogP contribution in [0.5, 0.6) is 0 Å². The predicted molar refractivity (Wildman–Crippen MR) is 78.5 cm³/mol. The summed E-state index contributed by atoms with van der Waals surface area (Å²) in [6.07, 6.45) is 0.483. The Kier molecular flexibility index (Phi) is 4.98. The van der Waals surface area contributed by atoms with Crippen LogP contribution in [0.25, 0.3) is 0 Å². The molecule has 110 valence electrons. The van der Waals surface area contributed by atoms with Gasteiger partial charge in [0.2, 0.25) is 0 Å². The lowest BCUT2D eigenvalue weighted by atomic mass is 10.00. The van der Waals surface area contributed by atoms with Gasteiger partial charge in [0.05, 0.1) is 6.10 Å². The average Bonchev–Trinajstić information content (AvgIpc) is 2.44. The van der Waals surface area contributed by atoms with Crippen molar-refractivity contribution in [2.24, 2.45) is 0 Å². The molecule has 0 bridgehead atoms. The summed E-state index contributed by atoms with van der Waals surface area (Å²) in [6, 6.07) is 8.26. The summed E-state index contributed by atoms with van der Waals surface area (Å²) < 4.78 is 0. The molecule has 0 fully saturated rings. The van der Waals surface area contributed by atoms with Gasteiger partial charge < -0.3 is 15.3 Å². The van der Waals surface area contributed by atoms with Crippen LogP contribution in [0.4, 0.5) is 4.79 Å². The summed E-state index contributed by atoms with van der Waals surface area (Å²) in [5.41, 5.74) is 2.74. The number of nitrogens with one attached hydrogen (secondary N) is 1. The Hall–Kier alpha value is -1.59. The van der Waals surface area contributed by atoms with Gasteiger partial charge in [-0.1, -0.05) is 24.3 Å². The topological polar surface area (TPSA) is 55.8 Å². The molecule has 1 aromatic rings. The van der Waals surface area contributed by atoms with Crippen molar-refractivity contribution in [2.45, 2.75) is 19.1 Å². The summed E-state index contributed by atoms with van der Waals surface area (Å²) in [5, 5.41) is 12.7. The number of amides is 2. The number of nitrogens with zero attached hydrogens (tertiary/aromatic N) is 2. The summed E-state index contributed by atoms with van der Waals surface area (Å²) in [4.78, 5) is 15.1. The quantitative estimate of drug-likeness (QED) is 0.851. The van der Waals surface area contributed by atoms with E-state index >= 15 is 0 Å². The number of benzene rings is 1. The summed E-state index contributed by atoms with van der Waals surface area (Å²) in [5.74, 6) is 0. The van der Waals surface area contributed by atoms with Gasteiger partial charge in [-0.05, 0) is 17.5 Å². The Morgan fingerprint density at radius 1 is 1.40 bits per heavy atom. The van der Waals surface area contributed by atoms with Crippen molar-refractivity contribution in [1.82, 2.24) is 15.1 Å². The molecule has 1 atom stereocenters. The smallest absolute Gasteiger partial charge is 0.316 e. The van der Waals surface area contributed by atoms with Gasteiger partial charge in [0.1, 0.15) is 0 Å². The molecule has 0 radical (unpaired) electrons. The van der Waals surface area contributed by atoms with Crippen LogP contribution >= 0.6 is 0 Å². The summed E-state index contributed by atoms with van der Waals surface area (Å²) in [6.45, 7) is 2.70. The molecular formula is C15H23N3O2. The number of aliphatic hydroxyl groups excluding tert-OH is 1. The first-order chi connectivity index (χ1) is 9.56. The molecular weight excluding hydrogens is 254 g/mol. The SMILES string of the molecule is CN(C)C(=O)NCC(O)CN1CCc2ccccc2C1. The number of hydrogen-bond acceptors (Lipinski definition) is 3. The fourth-order valence-electron chi connectivity index (χ4n) is 2.44. The largest absolute Gasteiger partial charge is 0.390 e. The van der Waals surface area contributed by atoms with Crippen LogP contribution in [0.3, 0.4) is 0 Å². The van der Waals surface area contributed by atoms with Crippen LogP contribution in [0.15, 0.2) is 24.3 Å². The molecule has 2 amide bonds. The first-order valence-corrected chi connectivity index (χ1v) is 6.98. The number of urea groups is 1. The van der Waals surface area contributed by atoms with Crippen molar-refractivity contribution in [3.8, 4) is 0 Å². The number of hydrogen-bond donors (Lipinski definition) is 2. The Morgan fingerprint density at radius 2 is 2.10 bits per heavy atom. The predicted octanol–water partition coefficient (Wildman–Crippen LogP) is 0.677. The molecule has 0 saturated carbocycles. The number of fused-ring (bicyclic) bond motifs is 1. The normalized spacial score (nSPS) is 16.4. The van der Waals surface area contributed by atoms with Crippen molar-refractivity contribution in [3.05, 3.63) is 35.4 Å². The molecule has 1 aliphatic rings. The van der Waals surface area contributed by atoms with E-state index in [1.54, 1.807) is 14.1 Å². The van der Waals surface area contributed by atoms with E-state index in [0.29, 0.717) is 6.54 Å². The minimum atomic E-state index is -0.538. The van der Waals surface area contributed by atoms with Gasteiger partial charge in [0, 0.05) is 40.3 Å². The van der Waals surface area contributed by atoms with Crippen molar-refractivity contribution < 1.29 is 9.90 Å². The molecule has 1 aromatic carbocycles. The zero-order valence-corrected chi connectivity index (χ0v) is 12.2. The molecule has 0 saturated heterocycles. The fraction of sp³-hybridized carbons (Fsp3) is 0.533. The highest BCUT2D eigenvalue weighted by atomic mass is 16.3. The van der Waals surface area contributed by atoms with Crippen molar-refractivity contribution in [3.63, 3.8) is 0 Å². The molecule has 1 heterocycles. The maximum atomic E-state index is 11.4. The molecule has 1 aliphatic heterocycles. The Labute approximate surface area is 120 Å². The van der Waals surface area contributed by atoms with Crippen LogP contribution in [-0.2, 0) is 13.0 Å². The van der Waals surface area contributed by atoms with E-state index in [9.17, 15) is 9.90 Å². The van der Waals surface area contributed by atoms with E-state index < -0.39 is 6.10 Å². The highest BCUT2D eigenvalue weighted by Crippen LogP contribution is 2.18. The standard InChI is InChI=1S/C15H23N3O2/c1-17(2)15(20)16-9-14(19)11-18-8-7-12-5-3-4-6-13(12)10-18/h3-6,14,19H,7-11H2,1-2H3,(H,16,20). The molecule has 5 heteroatoms. The molecule has 2 rings (SSSR count). The maximum Gasteiger partial charge on any atom is 0.316 e. The van der Waals surface area contributed by atoms with Crippen LogP contribution in [-0.4, -0.2) is 60.8 Å². The molecule has 0 aromatic heterocycles. The van der Waals surface area contributed by atoms with E-state index in [-0.39, 0.29) is 12.6 Å². The average molecular weight is 277 g/mol. The van der Waals surface area contributed by atoms with E-state index in [2.05, 4.69) is 34.5 Å². The van der Waals surface area contributed by atoms with Crippen molar-refractivity contribution in [1.29, 1.82) is 0 Å². The number of β-amino-alcohol motifs (C(OH)–C–C–N with tert-alkyl or cyclic N) is 1. The second-order valence-corrected chi connectivity index (χ2v) is 5.49. The Bertz CT molecular complexity index is 462. The molecule has 0 aliphatic carbocycles. The zero-order valence-electron chi connectivity index (χ0n) is 12.2. The lowest BCUT2D eigenvalue weighted by Crippen LogP contribution is -2.44. The second-order valence-electron chi connectivity index (χ2n) is 5.49. The monoisotopic (exact) mass is 277 g/mol. The van der Waals surface area contributed by atoms with Gasteiger partial charge in [-0.15, -0.1) is 0 Å². The number of aliphatic hydroxyl groups is 1. The zero-order chi connectivity index (χ0) is 14.5. The van der Waals surface area contributed by atoms with Gasteiger partial charge >= 0.3 is 6.03 Å². The number of rotatable bonds is 4. The lowest BCUT2D eigenvalue weighted by molar-refractivity contribution is 0.104. The Morgan fingerprint density at radius 3 is 2.80 bits per heavy atom. The van der Waals surface area contributed by atoms with Gasteiger partial charge in [0.25, 0.3) is 0 Å². The highest BCUT2D eigenvalue weighted by Gasteiger charge is 2.18. The van der Waals surface area contributed by atoms with Gasteiger partial charge in [-0.25, -0.2) is 4.79 Å². The Balaban J connectivity index is 1.79. The molecule has 1 unspecified atom stereocenters. The third-order valence-electron chi connectivity index (χ3n) is 3.57. The van der Waals surface area contributed by atoms with Gasteiger partial charge in [0.15, 0.2) is 0 Å². The lowest BCUT2D eigenvalue weighted by Gasteiger charge is -2.30. The summed E-state index contributed by atoms with van der Waals surface area (Å²) >= 11 is 0. The van der Waals surface area contributed by atoms with E-state index in [1.165, 1.54) is 16.0 Å². The van der Waals surface area contributed by atoms with Gasteiger partial charge in [-0.3, -0.25) is 4.90 Å². The maximum absolute atomic E-state index is 11.4. The van der Waals surface area contributed by atoms with Crippen LogP contribution in [0, 0.1) is 0 Å². The van der Waals surface area contributed by atoms with Crippen molar-refractivity contribution in [2.75, 3.05) is 33.7 Å². The second kappa shape index (κ2) is 6.72. The minimum absolute atomic E-state index is 0.173. The fourth-order valence-corrected chi connectivity index (χ4v) is 2.44. The van der Waals surface area contributed by atoms with Crippen LogP contribution in [0.1, 0.15) is 11.1 Å². The molecule has 20 heavy (non-hydrogen) atoms. The van der Waals surface area contributed by atoms with Gasteiger partial charge in [-0.2, -0.15) is 0 Å².